The summed E-state index contributed by atoms with van der Waals surface area (Å²) in [7, 11) is 0. The van der Waals surface area contributed by atoms with Crippen molar-refractivity contribution in [3.63, 3.8) is 0 Å². The largest absolute Gasteiger partial charge is 0.392 e. The number of hydrogen-bond acceptors (Lipinski definition) is 4. The highest BCUT2D eigenvalue weighted by atomic mass is 16.3. The summed E-state index contributed by atoms with van der Waals surface area (Å²) in [6.45, 7) is 3.13. The van der Waals surface area contributed by atoms with E-state index in [0.29, 0.717) is 24.2 Å². The van der Waals surface area contributed by atoms with Crippen LogP contribution in [0.3, 0.4) is 0 Å². The van der Waals surface area contributed by atoms with Gasteiger partial charge < -0.3 is 10.4 Å². The average molecular weight is 409 g/mol. The number of pyridine rings is 1. The van der Waals surface area contributed by atoms with Gasteiger partial charge in [-0.3, -0.25) is 14.1 Å². The number of amides is 1. The third kappa shape index (κ3) is 3.34. The van der Waals surface area contributed by atoms with Crippen LogP contribution in [0.25, 0.3) is 5.65 Å². The van der Waals surface area contributed by atoms with Crippen LogP contribution in [0.5, 0.6) is 0 Å². The quantitative estimate of drug-likeness (QED) is 0.798. The second kappa shape index (κ2) is 7.06. The second-order valence-electron chi connectivity index (χ2n) is 10.6. The zero-order chi connectivity index (χ0) is 20.3. The van der Waals surface area contributed by atoms with Crippen LogP contribution in [0.2, 0.25) is 0 Å². The van der Waals surface area contributed by atoms with E-state index >= 15 is 0 Å². The highest BCUT2D eigenvalue weighted by molar-refractivity contribution is 5.93. The van der Waals surface area contributed by atoms with E-state index in [1.807, 2.05) is 28.8 Å². The van der Waals surface area contributed by atoms with Crippen molar-refractivity contribution in [2.24, 2.45) is 23.2 Å². The number of aliphatic hydroxyl groups is 1. The minimum atomic E-state index is -0.229. The number of carbonyl (C=O) groups is 1. The van der Waals surface area contributed by atoms with Crippen molar-refractivity contribution in [3.05, 3.63) is 35.8 Å². The number of β-amino-alcohol motifs (C(OH)–C–C–N with tert-alkyl or cyclic N) is 1. The molecular formula is C24H32N4O2. The van der Waals surface area contributed by atoms with Gasteiger partial charge in [0.1, 0.15) is 11.3 Å². The first-order chi connectivity index (χ1) is 14.6. The molecule has 0 radical (unpaired) electrons. The van der Waals surface area contributed by atoms with Crippen molar-refractivity contribution >= 4 is 11.6 Å². The maximum absolute atomic E-state index is 13.1. The highest BCUT2D eigenvalue weighted by Crippen LogP contribution is 2.59. The van der Waals surface area contributed by atoms with E-state index in [1.54, 1.807) is 0 Å². The Hall–Kier alpha value is -1.92. The van der Waals surface area contributed by atoms with Crippen molar-refractivity contribution in [1.82, 2.24) is 19.6 Å². The molecule has 7 rings (SSSR count). The Kier molecular flexibility index (Phi) is 4.43. The number of carbonyl (C=O) groups excluding carboxylic acids is 1. The van der Waals surface area contributed by atoms with Crippen LogP contribution in [-0.2, 0) is 6.54 Å². The predicted molar refractivity (Wildman–Crippen MR) is 114 cm³/mol. The van der Waals surface area contributed by atoms with Crippen molar-refractivity contribution < 1.29 is 9.90 Å². The number of rotatable bonds is 5. The molecule has 2 aromatic rings. The molecule has 0 spiro atoms. The van der Waals surface area contributed by atoms with Crippen LogP contribution >= 0.6 is 0 Å². The summed E-state index contributed by atoms with van der Waals surface area (Å²) < 4.78 is 1.93. The van der Waals surface area contributed by atoms with E-state index in [9.17, 15) is 9.90 Å². The van der Waals surface area contributed by atoms with Crippen molar-refractivity contribution in [2.75, 3.05) is 19.6 Å². The fourth-order valence-corrected chi connectivity index (χ4v) is 7.37. The molecule has 5 aliphatic rings. The Morgan fingerprint density at radius 3 is 2.57 bits per heavy atom. The lowest BCUT2D eigenvalue weighted by molar-refractivity contribution is -0.0503. The van der Waals surface area contributed by atoms with Crippen LogP contribution < -0.4 is 5.32 Å². The summed E-state index contributed by atoms with van der Waals surface area (Å²) in [4.78, 5) is 20.1. The maximum atomic E-state index is 13.1. The van der Waals surface area contributed by atoms with Crippen LogP contribution in [-0.4, -0.2) is 51.0 Å². The van der Waals surface area contributed by atoms with Gasteiger partial charge in [-0.2, -0.15) is 0 Å². The molecule has 4 saturated carbocycles. The van der Waals surface area contributed by atoms with Gasteiger partial charge in [0.2, 0.25) is 0 Å². The molecule has 3 heterocycles. The van der Waals surface area contributed by atoms with Gasteiger partial charge in [0.25, 0.3) is 5.91 Å². The van der Waals surface area contributed by atoms with Gasteiger partial charge in [-0.05, 0) is 80.2 Å². The van der Waals surface area contributed by atoms with Gasteiger partial charge in [0, 0.05) is 32.4 Å². The molecule has 0 aromatic carbocycles. The number of imidazole rings is 1. The maximum Gasteiger partial charge on any atom is 0.268 e. The van der Waals surface area contributed by atoms with Gasteiger partial charge in [-0.15, -0.1) is 0 Å². The van der Waals surface area contributed by atoms with E-state index < -0.39 is 0 Å². The molecule has 5 fully saturated rings. The smallest absolute Gasteiger partial charge is 0.268 e. The summed E-state index contributed by atoms with van der Waals surface area (Å²) in [5.41, 5.74) is 2.77. The molecule has 160 valence electrons. The summed E-state index contributed by atoms with van der Waals surface area (Å²) in [6.07, 6.45) is 10.8. The Balaban J connectivity index is 1.17. The lowest BCUT2D eigenvalue weighted by atomic mass is 9.49. The molecule has 6 heteroatoms. The summed E-state index contributed by atoms with van der Waals surface area (Å²) in [5.74, 6) is 2.71. The van der Waals surface area contributed by atoms with Gasteiger partial charge in [0.15, 0.2) is 0 Å². The van der Waals surface area contributed by atoms with Crippen LogP contribution in [0.4, 0.5) is 0 Å². The first-order valence-corrected chi connectivity index (χ1v) is 11.7. The Bertz CT molecular complexity index is 932. The molecule has 1 unspecified atom stereocenters. The summed E-state index contributed by atoms with van der Waals surface area (Å²) in [5, 5.41) is 13.1. The minimum Gasteiger partial charge on any atom is -0.392 e. The standard InChI is InChI=1S/C24H32N4O2/c29-20-4-5-27(14-20)12-19-13-28-21(2-1-3-22(28)26-19)23(30)25-15-24-9-16-6-17(10-24)8-18(7-16)11-24/h1-3,13,16-18,20,29H,4-12,14-15H2,(H,25,30). The Morgan fingerprint density at radius 2 is 1.90 bits per heavy atom. The van der Waals surface area contributed by atoms with E-state index in [-0.39, 0.29) is 12.0 Å². The molecule has 1 saturated heterocycles. The lowest BCUT2D eigenvalue weighted by Gasteiger charge is -2.56. The molecule has 1 amide bonds. The molecule has 2 aromatic heterocycles. The SMILES string of the molecule is O=C(NCC12CC3CC(CC(C3)C1)C2)c1cccc2nc(CN3CCC(O)C3)cn12. The Labute approximate surface area is 177 Å². The lowest BCUT2D eigenvalue weighted by Crippen LogP contribution is -2.51. The number of nitrogens with zero attached hydrogens (tertiary/aromatic N) is 3. The molecule has 30 heavy (non-hydrogen) atoms. The summed E-state index contributed by atoms with van der Waals surface area (Å²) >= 11 is 0. The fourth-order valence-electron chi connectivity index (χ4n) is 7.37. The molecule has 4 bridgehead atoms. The Morgan fingerprint density at radius 1 is 1.17 bits per heavy atom. The van der Waals surface area contributed by atoms with Crippen LogP contribution in [0.15, 0.2) is 24.4 Å². The number of aromatic nitrogens is 2. The van der Waals surface area contributed by atoms with Gasteiger partial charge in [-0.25, -0.2) is 4.98 Å². The average Bonchev–Trinajstić information content (AvgIpc) is 3.30. The third-order valence-electron chi connectivity index (χ3n) is 8.20. The normalized spacial score (nSPS) is 35.4. The minimum absolute atomic E-state index is 0.0110. The first kappa shape index (κ1) is 18.8. The summed E-state index contributed by atoms with van der Waals surface area (Å²) in [6, 6.07) is 5.77. The fraction of sp³-hybridized carbons (Fsp3) is 0.667. The topological polar surface area (TPSA) is 69.9 Å². The zero-order valence-corrected chi connectivity index (χ0v) is 17.6. The number of likely N-dealkylation sites (tertiary alicyclic amines) is 1. The van der Waals surface area contributed by atoms with E-state index in [0.717, 1.165) is 48.6 Å². The van der Waals surface area contributed by atoms with Crippen molar-refractivity contribution in [2.45, 2.75) is 57.6 Å². The molecule has 1 aliphatic heterocycles. The molecule has 2 N–H and O–H groups in total. The van der Waals surface area contributed by atoms with E-state index in [2.05, 4.69) is 10.2 Å². The van der Waals surface area contributed by atoms with Gasteiger partial charge in [0.05, 0.1) is 11.8 Å². The zero-order valence-electron chi connectivity index (χ0n) is 17.6. The number of fused-ring (bicyclic) bond motifs is 1. The third-order valence-corrected chi connectivity index (χ3v) is 8.20. The number of hydrogen-bond donors (Lipinski definition) is 2. The van der Waals surface area contributed by atoms with E-state index in [1.165, 1.54) is 38.5 Å². The van der Waals surface area contributed by atoms with Crippen LogP contribution in [0.1, 0.15) is 61.1 Å². The second-order valence-corrected chi connectivity index (χ2v) is 10.6. The number of nitrogens with one attached hydrogen (secondary N) is 1. The highest BCUT2D eigenvalue weighted by Gasteiger charge is 2.50. The molecule has 4 aliphatic carbocycles. The molecular weight excluding hydrogens is 376 g/mol. The first-order valence-electron chi connectivity index (χ1n) is 11.7. The molecule has 6 nitrogen and oxygen atoms in total. The van der Waals surface area contributed by atoms with Crippen LogP contribution in [0, 0.1) is 23.2 Å². The van der Waals surface area contributed by atoms with Crippen molar-refractivity contribution in [1.29, 1.82) is 0 Å². The van der Waals surface area contributed by atoms with Gasteiger partial charge in [-0.1, -0.05) is 6.07 Å². The van der Waals surface area contributed by atoms with Gasteiger partial charge >= 0.3 is 0 Å². The molecule has 1 atom stereocenters. The van der Waals surface area contributed by atoms with E-state index in [4.69, 9.17) is 4.98 Å². The monoisotopic (exact) mass is 408 g/mol. The number of aliphatic hydroxyl groups excluding tert-OH is 1. The van der Waals surface area contributed by atoms with Crippen molar-refractivity contribution in [3.8, 4) is 0 Å². The predicted octanol–water partition coefficient (Wildman–Crippen LogP) is 2.85.